The van der Waals surface area contributed by atoms with Gasteiger partial charge in [-0.15, -0.1) is 0 Å². The van der Waals surface area contributed by atoms with Crippen molar-refractivity contribution in [3.05, 3.63) is 22.7 Å². The zero-order chi connectivity index (χ0) is 15.0. The van der Waals surface area contributed by atoms with Gasteiger partial charge in [-0.05, 0) is 47.0 Å². The number of sulfone groups is 1. The number of hydrogen-bond acceptors (Lipinski definition) is 5. The summed E-state index contributed by atoms with van der Waals surface area (Å²) in [6.45, 7) is 0. The molecule has 112 valence electrons. The summed E-state index contributed by atoms with van der Waals surface area (Å²) in [4.78, 5) is 0.0570. The average molecular weight is 383 g/mol. The maximum Gasteiger partial charge on any atom is 0.240 e. The molecule has 20 heavy (non-hydrogen) atoms. The first-order valence-electron chi connectivity index (χ1n) is 5.97. The lowest BCUT2D eigenvalue weighted by Gasteiger charge is -2.22. The second-order valence-corrected chi connectivity index (χ2v) is 9.56. The molecule has 1 heterocycles. The number of rotatable bonds is 3. The average Bonchev–Trinajstić information content (AvgIpc) is 2.30. The molecule has 1 aromatic rings. The Kier molecular flexibility index (Phi) is 4.43. The highest BCUT2D eigenvalue weighted by atomic mass is 79.9. The second-order valence-electron chi connectivity index (χ2n) is 4.76. The van der Waals surface area contributed by atoms with Crippen molar-refractivity contribution < 1.29 is 16.8 Å². The van der Waals surface area contributed by atoms with E-state index in [9.17, 15) is 16.8 Å². The third kappa shape index (κ3) is 3.72. The van der Waals surface area contributed by atoms with Crippen LogP contribution in [0.2, 0.25) is 0 Å². The van der Waals surface area contributed by atoms with E-state index in [1.807, 2.05) is 0 Å². The molecule has 0 bridgehead atoms. The van der Waals surface area contributed by atoms with Crippen LogP contribution >= 0.6 is 15.9 Å². The molecule has 1 aromatic carbocycles. The van der Waals surface area contributed by atoms with Crippen LogP contribution in [0.3, 0.4) is 0 Å². The van der Waals surface area contributed by atoms with Crippen LogP contribution in [0.1, 0.15) is 12.8 Å². The quantitative estimate of drug-likeness (QED) is 0.754. The summed E-state index contributed by atoms with van der Waals surface area (Å²) in [5, 5.41) is 0. The third-order valence-corrected chi connectivity index (χ3v) is 7.09. The van der Waals surface area contributed by atoms with Gasteiger partial charge in [0.25, 0.3) is 0 Å². The molecule has 0 amide bonds. The molecule has 2 rings (SSSR count). The summed E-state index contributed by atoms with van der Waals surface area (Å²) < 4.78 is 50.4. The van der Waals surface area contributed by atoms with E-state index < -0.39 is 25.9 Å². The van der Waals surface area contributed by atoms with Crippen molar-refractivity contribution in [2.75, 3.05) is 17.2 Å². The van der Waals surface area contributed by atoms with Crippen LogP contribution in [0.25, 0.3) is 0 Å². The lowest BCUT2D eigenvalue weighted by molar-refractivity contribution is 0.517. The second kappa shape index (κ2) is 5.63. The lowest BCUT2D eigenvalue weighted by Crippen LogP contribution is -2.43. The number of halogens is 1. The van der Waals surface area contributed by atoms with Crippen molar-refractivity contribution in [1.29, 1.82) is 0 Å². The fourth-order valence-electron chi connectivity index (χ4n) is 2.08. The van der Waals surface area contributed by atoms with Crippen molar-refractivity contribution in [3.8, 4) is 0 Å². The molecule has 1 atom stereocenters. The topological polar surface area (TPSA) is 106 Å². The van der Waals surface area contributed by atoms with Crippen molar-refractivity contribution in [1.82, 2.24) is 4.72 Å². The summed E-state index contributed by atoms with van der Waals surface area (Å²) in [6, 6.07) is 3.69. The zero-order valence-electron chi connectivity index (χ0n) is 10.5. The van der Waals surface area contributed by atoms with Crippen LogP contribution in [-0.4, -0.2) is 34.4 Å². The SMILES string of the molecule is Nc1ccc(S(=O)(=O)NC2CCCS(=O)(=O)C2)cc1Br. The molecule has 0 aliphatic carbocycles. The molecule has 1 fully saturated rings. The van der Waals surface area contributed by atoms with Crippen LogP contribution < -0.4 is 10.5 Å². The molecule has 0 aromatic heterocycles. The van der Waals surface area contributed by atoms with Crippen LogP contribution in [0.15, 0.2) is 27.6 Å². The molecule has 1 saturated heterocycles. The van der Waals surface area contributed by atoms with Gasteiger partial charge in [-0.1, -0.05) is 0 Å². The third-order valence-electron chi connectivity index (χ3n) is 3.07. The Bertz CT molecular complexity index is 716. The van der Waals surface area contributed by atoms with Crippen molar-refractivity contribution >= 4 is 41.5 Å². The van der Waals surface area contributed by atoms with Crippen LogP contribution in [0, 0.1) is 0 Å². The Labute approximate surface area is 126 Å². The zero-order valence-corrected chi connectivity index (χ0v) is 13.8. The van der Waals surface area contributed by atoms with Crippen LogP contribution in [0.4, 0.5) is 5.69 Å². The molecular formula is C11H15BrN2O4S2. The fraction of sp³-hybridized carbons (Fsp3) is 0.455. The molecule has 1 aliphatic rings. The normalized spacial score (nSPS) is 22.6. The first-order valence-corrected chi connectivity index (χ1v) is 10.1. The van der Waals surface area contributed by atoms with E-state index in [0.717, 1.165) is 0 Å². The number of anilines is 1. The van der Waals surface area contributed by atoms with Gasteiger partial charge in [-0.3, -0.25) is 0 Å². The highest BCUT2D eigenvalue weighted by Gasteiger charge is 2.28. The number of sulfonamides is 1. The molecular weight excluding hydrogens is 368 g/mol. The molecule has 0 spiro atoms. The van der Waals surface area contributed by atoms with Gasteiger partial charge >= 0.3 is 0 Å². The predicted octanol–water partition coefficient (Wildman–Crippen LogP) is 0.887. The van der Waals surface area contributed by atoms with Gasteiger partial charge in [0.1, 0.15) is 0 Å². The van der Waals surface area contributed by atoms with Crippen molar-refractivity contribution in [2.24, 2.45) is 0 Å². The van der Waals surface area contributed by atoms with E-state index in [1.54, 1.807) is 0 Å². The van der Waals surface area contributed by atoms with Gasteiger partial charge < -0.3 is 5.73 Å². The largest absolute Gasteiger partial charge is 0.398 e. The van der Waals surface area contributed by atoms with E-state index in [-0.39, 0.29) is 16.4 Å². The van der Waals surface area contributed by atoms with Gasteiger partial charge in [0.2, 0.25) is 10.0 Å². The predicted molar refractivity (Wildman–Crippen MR) is 80.6 cm³/mol. The van der Waals surface area contributed by atoms with Crippen LogP contribution in [-0.2, 0) is 19.9 Å². The molecule has 0 saturated carbocycles. The summed E-state index contributed by atoms with van der Waals surface area (Å²) in [5.74, 6) is -0.0268. The number of benzene rings is 1. The molecule has 1 unspecified atom stereocenters. The molecule has 3 N–H and O–H groups in total. The van der Waals surface area contributed by atoms with E-state index in [2.05, 4.69) is 20.7 Å². The summed E-state index contributed by atoms with van der Waals surface area (Å²) in [6.07, 6.45) is 0.996. The number of nitrogen functional groups attached to an aromatic ring is 1. The summed E-state index contributed by atoms with van der Waals surface area (Å²) >= 11 is 3.17. The van der Waals surface area contributed by atoms with E-state index in [4.69, 9.17) is 5.73 Å². The minimum Gasteiger partial charge on any atom is -0.398 e. The van der Waals surface area contributed by atoms with E-state index >= 15 is 0 Å². The lowest BCUT2D eigenvalue weighted by atomic mass is 10.2. The standard InChI is InChI=1S/C11H15BrN2O4S2/c12-10-6-9(3-4-11(10)13)20(17,18)14-8-2-1-5-19(15,16)7-8/h3-4,6,8,14H,1-2,5,7,13H2. The molecule has 0 radical (unpaired) electrons. The first kappa shape index (κ1) is 15.7. The molecule has 6 nitrogen and oxygen atoms in total. The molecule has 1 aliphatic heterocycles. The van der Waals surface area contributed by atoms with E-state index in [1.165, 1.54) is 18.2 Å². The Morgan fingerprint density at radius 1 is 1.35 bits per heavy atom. The molecule has 9 heteroatoms. The highest BCUT2D eigenvalue weighted by molar-refractivity contribution is 9.10. The first-order chi connectivity index (χ1) is 9.20. The fourth-order valence-corrected chi connectivity index (χ4v) is 5.65. The van der Waals surface area contributed by atoms with Gasteiger partial charge in [0, 0.05) is 16.2 Å². The van der Waals surface area contributed by atoms with Crippen molar-refractivity contribution in [2.45, 2.75) is 23.8 Å². The van der Waals surface area contributed by atoms with Gasteiger partial charge in [-0.25, -0.2) is 21.6 Å². The monoisotopic (exact) mass is 382 g/mol. The maximum absolute atomic E-state index is 12.2. The Morgan fingerprint density at radius 3 is 2.65 bits per heavy atom. The Morgan fingerprint density at radius 2 is 2.05 bits per heavy atom. The van der Waals surface area contributed by atoms with Gasteiger partial charge in [-0.2, -0.15) is 0 Å². The maximum atomic E-state index is 12.2. The van der Waals surface area contributed by atoms with Crippen molar-refractivity contribution in [3.63, 3.8) is 0 Å². The number of nitrogens with one attached hydrogen (secondary N) is 1. The minimum absolute atomic E-state index is 0.0570. The van der Waals surface area contributed by atoms with E-state index in [0.29, 0.717) is 23.0 Å². The minimum atomic E-state index is -3.75. The summed E-state index contributed by atoms with van der Waals surface area (Å²) in [7, 11) is -6.91. The highest BCUT2D eigenvalue weighted by Crippen LogP contribution is 2.23. The number of nitrogens with two attached hydrogens (primary N) is 1. The Balaban J connectivity index is 2.21. The number of hydrogen-bond donors (Lipinski definition) is 2. The van der Waals surface area contributed by atoms with Crippen LogP contribution in [0.5, 0.6) is 0 Å². The Hall–Kier alpha value is -0.640. The van der Waals surface area contributed by atoms with Gasteiger partial charge in [0.05, 0.1) is 16.4 Å². The summed E-state index contributed by atoms with van der Waals surface area (Å²) in [5.41, 5.74) is 6.04. The van der Waals surface area contributed by atoms with Gasteiger partial charge in [0.15, 0.2) is 9.84 Å². The smallest absolute Gasteiger partial charge is 0.240 e.